The second kappa shape index (κ2) is 7.64. The molecule has 0 radical (unpaired) electrons. The van der Waals surface area contributed by atoms with Crippen molar-refractivity contribution in [2.75, 3.05) is 13.1 Å². The number of esters is 1. The van der Waals surface area contributed by atoms with Crippen LogP contribution in [0.3, 0.4) is 0 Å². The third-order valence-electron chi connectivity index (χ3n) is 4.54. The molecule has 1 saturated heterocycles. The van der Waals surface area contributed by atoms with Crippen LogP contribution in [0.2, 0.25) is 0 Å². The van der Waals surface area contributed by atoms with E-state index in [1.807, 2.05) is 0 Å². The molecule has 1 aliphatic heterocycles. The quantitative estimate of drug-likeness (QED) is 0.678. The van der Waals surface area contributed by atoms with Crippen LogP contribution >= 0.6 is 0 Å². The van der Waals surface area contributed by atoms with Gasteiger partial charge in [-0.3, -0.25) is 9.59 Å². The maximum absolute atomic E-state index is 12.5. The molecule has 1 aromatic heterocycles. The maximum atomic E-state index is 12.5. The highest BCUT2D eigenvalue weighted by Crippen LogP contribution is 2.20. The number of ether oxygens (including phenoxy) is 1. The third-order valence-corrected chi connectivity index (χ3v) is 4.54. The standard InChI is InChI=1S/C18H26N2O4/c1-11-15(13(3)21)12(2)19-16(11)18(23)24-14(4)17(22)20-9-7-5-6-8-10-20/h14,19H,5-10H2,1-4H3/t14-/m0/s1. The molecule has 1 N–H and O–H groups in total. The fraction of sp³-hybridized carbons (Fsp3) is 0.611. The van der Waals surface area contributed by atoms with Gasteiger partial charge >= 0.3 is 5.97 Å². The Morgan fingerprint density at radius 2 is 1.67 bits per heavy atom. The number of rotatable bonds is 4. The van der Waals surface area contributed by atoms with Crippen LogP contribution < -0.4 is 0 Å². The van der Waals surface area contributed by atoms with Crippen LogP contribution in [0.4, 0.5) is 0 Å². The first-order valence-electron chi connectivity index (χ1n) is 8.52. The van der Waals surface area contributed by atoms with Crippen molar-refractivity contribution in [3.63, 3.8) is 0 Å². The normalized spacial score (nSPS) is 16.4. The van der Waals surface area contributed by atoms with Gasteiger partial charge in [0.2, 0.25) is 0 Å². The molecule has 0 bridgehead atoms. The number of amides is 1. The number of likely N-dealkylation sites (tertiary alicyclic amines) is 1. The van der Waals surface area contributed by atoms with E-state index in [-0.39, 0.29) is 17.4 Å². The van der Waals surface area contributed by atoms with E-state index in [4.69, 9.17) is 4.74 Å². The smallest absolute Gasteiger partial charge is 0.355 e. The highest BCUT2D eigenvalue weighted by molar-refractivity contribution is 6.01. The summed E-state index contributed by atoms with van der Waals surface area (Å²) in [5.74, 6) is -0.856. The first-order valence-corrected chi connectivity index (χ1v) is 8.52. The van der Waals surface area contributed by atoms with E-state index in [2.05, 4.69) is 4.98 Å². The van der Waals surface area contributed by atoms with Crippen molar-refractivity contribution in [3.8, 4) is 0 Å². The highest BCUT2D eigenvalue weighted by atomic mass is 16.5. The Bertz CT molecular complexity index is 640. The molecule has 132 valence electrons. The summed E-state index contributed by atoms with van der Waals surface area (Å²) in [5.41, 5.74) is 1.96. The molecule has 2 heterocycles. The fourth-order valence-electron chi connectivity index (χ4n) is 3.30. The van der Waals surface area contributed by atoms with Crippen molar-refractivity contribution >= 4 is 17.7 Å². The topological polar surface area (TPSA) is 79.5 Å². The predicted molar refractivity (Wildman–Crippen MR) is 90.2 cm³/mol. The van der Waals surface area contributed by atoms with Crippen LogP contribution in [0.15, 0.2) is 0 Å². The average molecular weight is 334 g/mol. The lowest BCUT2D eigenvalue weighted by atomic mass is 10.1. The monoisotopic (exact) mass is 334 g/mol. The zero-order chi connectivity index (χ0) is 17.9. The summed E-state index contributed by atoms with van der Waals surface area (Å²) in [6, 6.07) is 0. The minimum atomic E-state index is -0.834. The molecule has 24 heavy (non-hydrogen) atoms. The summed E-state index contributed by atoms with van der Waals surface area (Å²) in [6.45, 7) is 7.95. The molecule has 0 unspecified atom stereocenters. The Labute approximate surface area is 142 Å². The van der Waals surface area contributed by atoms with E-state index >= 15 is 0 Å². The van der Waals surface area contributed by atoms with E-state index < -0.39 is 12.1 Å². The lowest BCUT2D eigenvalue weighted by Gasteiger charge is -2.23. The second-order valence-corrected chi connectivity index (χ2v) is 6.47. The first-order chi connectivity index (χ1) is 11.3. The number of hydrogen-bond acceptors (Lipinski definition) is 4. The number of H-pyrrole nitrogens is 1. The summed E-state index contributed by atoms with van der Waals surface area (Å²) in [6.07, 6.45) is 3.41. The summed E-state index contributed by atoms with van der Waals surface area (Å²) in [4.78, 5) is 41.2. The zero-order valence-electron chi connectivity index (χ0n) is 14.9. The number of Topliss-reactive ketones (excluding diaryl/α,β-unsaturated/α-hetero) is 1. The van der Waals surface area contributed by atoms with Crippen LogP contribution in [0.25, 0.3) is 0 Å². The van der Waals surface area contributed by atoms with Gasteiger partial charge in [-0.25, -0.2) is 4.79 Å². The minimum Gasteiger partial charge on any atom is -0.448 e. The Morgan fingerprint density at radius 3 is 2.17 bits per heavy atom. The predicted octanol–water partition coefficient (Wildman–Crippen LogP) is 2.78. The molecule has 1 atom stereocenters. The molecule has 0 aliphatic carbocycles. The maximum Gasteiger partial charge on any atom is 0.355 e. The van der Waals surface area contributed by atoms with Gasteiger partial charge in [-0.1, -0.05) is 12.8 Å². The molecular weight excluding hydrogens is 308 g/mol. The Kier molecular flexibility index (Phi) is 5.80. The van der Waals surface area contributed by atoms with Crippen molar-refractivity contribution in [2.45, 2.75) is 59.5 Å². The number of nitrogens with one attached hydrogen (secondary N) is 1. The Balaban J connectivity index is 2.07. The van der Waals surface area contributed by atoms with E-state index in [9.17, 15) is 14.4 Å². The van der Waals surface area contributed by atoms with Gasteiger partial charge in [-0.15, -0.1) is 0 Å². The number of carbonyl (C=O) groups is 3. The summed E-state index contributed by atoms with van der Waals surface area (Å²) >= 11 is 0. The molecule has 1 aromatic rings. The SMILES string of the molecule is CC(=O)c1c(C)[nH]c(C(=O)O[C@@H](C)C(=O)N2CCCCCC2)c1C. The third kappa shape index (κ3) is 3.86. The van der Waals surface area contributed by atoms with Crippen molar-refractivity contribution in [2.24, 2.45) is 0 Å². The number of aromatic nitrogens is 1. The van der Waals surface area contributed by atoms with Gasteiger partial charge in [0.1, 0.15) is 5.69 Å². The molecule has 6 nitrogen and oxygen atoms in total. The van der Waals surface area contributed by atoms with Crippen LogP contribution in [0.5, 0.6) is 0 Å². The van der Waals surface area contributed by atoms with Crippen LogP contribution in [0, 0.1) is 13.8 Å². The highest BCUT2D eigenvalue weighted by Gasteiger charge is 2.27. The van der Waals surface area contributed by atoms with Crippen LogP contribution in [-0.4, -0.2) is 46.7 Å². The first kappa shape index (κ1) is 18.2. The van der Waals surface area contributed by atoms with Gasteiger partial charge in [0.25, 0.3) is 5.91 Å². The lowest BCUT2D eigenvalue weighted by Crippen LogP contribution is -2.40. The molecule has 0 aromatic carbocycles. The number of carbonyl (C=O) groups excluding carboxylic acids is 3. The number of hydrogen-bond donors (Lipinski definition) is 1. The van der Waals surface area contributed by atoms with E-state index in [0.717, 1.165) is 38.8 Å². The number of nitrogens with zero attached hydrogens (tertiary/aromatic N) is 1. The fourth-order valence-corrected chi connectivity index (χ4v) is 3.30. The van der Waals surface area contributed by atoms with Crippen LogP contribution in [-0.2, 0) is 9.53 Å². The molecule has 0 saturated carbocycles. The van der Waals surface area contributed by atoms with Crippen molar-refractivity contribution in [1.29, 1.82) is 0 Å². The molecule has 1 amide bonds. The molecule has 1 aliphatic rings. The average Bonchev–Trinajstić information content (AvgIpc) is 2.70. The zero-order valence-corrected chi connectivity index (χ0v) is 14.9. The molecule has 1 fully saturated rings. The van der Waals surface area contributed by atoms with Crippen LogP contribution in [0.1, 0.15) is 71.6 Å². The van der Waals surface area contributed by atoms with Gasteiger partial charge < -0.3 is 14.6 Å². The van der Waals surface area contributed by atoms with Gasteiger partial charge in [-0.05, 0) is 46.1 Å². The summed E-state index contributed by atoms with van der Waals surface area (Å²) in [5, 5.41) is 0. The summed E-state index contributed by atoms with van der Waals surface area (Å²) in [7, 11) is 0. The number of ketones is 1. The molecule has 2 rings (SSSR count). The van der Waals surface area contributed by atoms with Gasteiger partial charge in [-0.2, -0.15) is 0 Å². The van der Waals surface area contributed by atoms with Gasteiger partial charge in [0.15, 0.2) is 11.9 Å². The minimum absolute atomic E-state index is 0.103. The largest absolute Gasteiger partial charge is 0.448 e. The molecular formula is C18H26N2O4. The van der Waals surface area contributed by atoms with E-state index in [1.54, 1.807) is 25.7 Å². The second-order valence-electron chi connectivity index (χ2n) is 6.47. The summed E-state index contributed by atoms with van der Waals surface area (Å²) < 4.78 is 5.35. The Morgan fingerprint density at radius 1 is 1.08 bits per heavy atom. The van der Waals surface area contributed by atoms with E-state index in [0.29, 0.717) is 16.8 Å². The van der Waals surface area contributed by atoms with Gasteiger partial charge in [0, 0.05) is 24.3 Å². The Hall–Kier alpha value is -2.11. The van der Waals surface area contributed by atoms with Gasteiger partial charge in [0.05, 0.1) is 0 Å². The van der Waals surface area contributed by atoms with Crippen molar-refractivity contribution < 1.29 is 19.1 Å². The van der Waals surface area contributed by atoms with Crippen molar-refractivity contribution in [1.82, 2.24) is 9.88 Å². The lowest BCUT2D eigenvalue weighted by molar-refractivity contribution is -0.139. The number of aryl methyl sites for hydroxylation is 1. The number of aromatic amines is 1. The van der Waals surface area contributed by atoms with Crippen molar-refractivity contribution in [3.05, 3.63) is 22.5 Å². The molecule has 0 spiro atoms. The molecule has 6 heteroatoms. The van der Waals surface area contributed by atoms with E-state index in [1.165, 1.54) is 6.92 Å².